The van der Waals surface area contributed by atoms with E-state index < -0.39 is 0 Å². The van der Waals surface area contributed by atoms with Gasteiger partial charge in [-0.25, -0.2) is 0 Å². The van der Waals surface area contributed by atoms with E-state index in [1.807, 2.05) is 23.1 Å². The minimum absolute atomic E-state index is 0.352. The minimum atomic E-state index is 0.352. The van der Waals surface area contributed by atoms with Gasteiger partial charge in [0.2, 0.25) is 0 Å². The largest absolute Gasteiger partial charge is 0.299 e. The molecule has 0 bridgehead atoms. The number of hydrogen-bond donors (Lipinski definition) is 0. The van der Waals surface area contributed by atoms with Crippen LogP contribution in [0.2, 0.25) is 0 Å². The summed E-state index contributed by atoms with van der Waals surface area (Å²) >= 11 is 0. The highest BCUT2D eigenvalue weighted by Crippen LogP contribution is 2.21. The van der Waals surface area contributed by atoms with Crippen LogP contribution in [0.5, 0.6) is 0 Å². The van der Waals surface area contributed by atoms with E-state index in [1.54, 1.807) is 0 Å². The zero-order valence-corrected chi connectivity index (χ0v) is 13.0. The fourth-order valence-electron chi connectivity index (χ4n) is 2.97. The first-order valence-electron chi connectivity index (χ1n) is 7.95. The fourth-order valence-corrected chi connectivity index (χ4v) is 2.97. The molecule has 0 N–H and O–H groups in total. The normalized spacial score (nSPS) is 16.5. The van der Waals surface area contributed by atoms with Crippen molar-refractivity contribution in [3.05, 3.63) is 36.2 Å². The van der Waals surface area contributed by atoms with E-state index in [1.165, 1.54) is 37.9 Å². The molecule has 0 aliphatic carbocycles. The van der Waals surface area contributed by atoms with Crippen LogP contribution in [0.15, 0.2) is 30.6 Å². The van der Waals surface area contributed by atoms with Gasteiger partial charge in [-0.05, 0) is 57.5 Å². The van der Waals surface area contributed by atoms with E-state index in [-0.39, 0.29) is 0 Å². The van der Waals surface area contributed by atoms with Crippen molar-refractivity contribution in [1.82, 2.24) is 19.7 Å². The first-order chi connectivity index (χ1) is 10.2. The number of aromatic nitrogens is 3. The SMILES string of the molecule is CC(C)n1nccc1-c1ccc(CN2CCCCC2)cn1. The summed E-state index contributed by atoms with van der Waals surface area (Å²) in [5, 5.41) is 4.38. The molecule has 3 heterocycles. The summed E-state index contributed by atoms with van der Waals surface area (Å²) in [7, 11) is 0. The Morgan fingerprint density at radius 1 is 1.10 bits per heavy atom. The number of nitrogens with zero attached hydrogens (tertiary/aromatic N) is 4. The summed E-state index contributed by atoms with van der Waals surface area (Å²) in [6, 6.07) is 6.71. The van der Waals surface area contributed by atoms with Gasteiger partial charge in [0.15, 0.2) is 0 Å². The summed E-state index contributed by atoms with van der Waals surface area (Å²) in [6.45, 7) is 7.75. The highest BCUT2D eigenvalue weighted by Gasteiger charge is 2.12. The van der Waals surface area contributed by atoms with Gasteiger partial charge in [-0.1, -0.05) is 12.5 Å². The van der Waals surface area contributed by atoms with Crippen LogP contribution in [0.1, 0.15) is 44.7 Å². The van der Waals surface area contributed by atoms with Gasteiger partial charge in [0.05, 0.1) is 11.4 Å². The summed E-state index contributed by atoms with van der Waals surface area (Å²) in [4.78, 5) is 7.17. The van der Waals surface area contributed by atoms with Gasteiger partial charge >= 0.3 is 0 Å². The lowest BCUT2D eigenvalue weighted by atomic mass is 10.1. The van der Waals surface area contributed by atoms with E-state index in [0.29, 0.717) is 6.04 Å². The third kappa shape index (κ3) is 3.32. The Bertz CT molecular complexity index is 565. The Labute approximate surface area is 126 Å². The van der Waals surface area contributed by atoms with Crippen LogP contribution >= 0.6 is 0 Å². The predicted octanol–water partition coefficient (Wildman–Crippen LogP) is 3.51. The van der Waals surface area contributed by atoms with Crippen LogP contribution < -0.4 is 0 Å². The minimum Gasteiger partial charge on any atom is -0.299 e. The molecule has 1 aliphatic heterocycles. The fraction of sp³-hybridized carbons (Fsp3) is 0.529. The zero-order valence-electron chi connectivity index (χ0n) is 13.0. The Hall–Kier alpha value is -1.68. The van der Waals surface area contributed by atoms with Gasteiger partial charge in [0.1, 0.15) is 0 Å². The molecule has 2 aromatic heterocycles. The molecular weight excluding hydrogens is 260 g/mol. The summed E-state index contributed by atoms with van der Waals surface area (Å²) in [6.07, 6.45) is 7.91. The van der Waals surface area contributed by atoms with Crippen molar-refractivity contribution >= 4 is 0 Å². The van der Waals surface area contributed by atoms with Crippen molar-refractivity contribution in [3.8, 4) is 11.4 Å². The monoisotopic (exact) mass is 284 g/mol. The Morgan fingerprint density at radius 2 is 1.90 bits per heavy atom. The quantitative estimate of drug-likeness (QED) is 0.861. The average Bonchev–Trinajstić information content (AvgIpc) is 2.99. The molecule has 1 saturated heterocycles. The molecule has 0 saturated carbocycles. The summed E-state index contributed by atoms with van der Waals surface area (Å²) in [5.41, 5.74) is 3.40. The third-order valence-electron chi connectivity index (χ3n) is 4.10. The second-order valence-electron chi connectivity index (χ2n) is 6.14. The molecule has 2 aromatic rings. The number of likely N-dealkylation sites (tertiary alicyclic amines) is 1. The van der Waals surface area contributed by atoms with E-state index in [9.17, 15) is 0 Å². The standard InChI is InChI=1S/C17H24N4/c1-14(2)21-17(8-9-19-21)16-7-6-15(12-18-16)13-20-10-4-3-5-11-20/h6-9,12,14H,3-5,10-11,13H2,1-2H3. The third-order valence-corrected chi connectivity index (χ3v) is 4.10. The van der Waals surface area contributed by atoms with Crippen LogP contribution in [0.4, 0.5) is 0 Å². The molecule has 0 atom stereocenters. The van der Waals surface area contributed by atoms with Crippen molar-refractivity contribution in [2.45, 2.75) is 45.7 Å². The van der Waals surface area contributed by atoms with Crippen molar-refractivity contribution in [1.29, 1.82) is 0 Å². The Morgan fingerprint density at radius 3 is 2.57 bits per heavy atom. The molecule has 0 spiro atoms. The maximum absolute atomic E-state index is 4.64. The van der Waals surface area contributed by atoms with Gasteiger partial charge in [0.25, 0.3) is 0 Å². The van der Waals surface area contributed by atoms with Crippen LogP contribution in [-0.2, 0) is 6.54 Å². The van der Waals surface area contributed by atoms with Crippen molar-refractivity contribution in [2.75, 3.05) is 13.1 Å². The number of hydrogen-bond acceptors (Lipinski definition) is 3. The second kappa shape index (κ2) is 6.39. The highest BCUT2D eigenvalue weighted by atomic mass is 15.3. The summed E-state index contributed by atoms with van der Waals surface area (Å²) in [5.74, 6) is 0. The molecule has 4 heteroatoms. The number of rotatable bonds is 4. The van der Waals surface area contributed by atoms with Gasteiger partial charge in [-0.3, -0.25) is 14.6 Å². The van der Waals surface area contributed by atoms with Gasteiger partial charge in [-0.2, -0.15) is 5.10 Å². The molecule has 0 radical (unpaired) electrons. The second-order valence-corrected chi connectivity index (χ2v) is 6.14. The molecule has 3 rings (SSSR count). The molecular formula is C17H24N4. The smallest absolute Gasteiger partial charge is 0.0883 e. The maximum Gasteiger partial charge on any atom is 0.0883 e. The van der Waals surface area contributed by atoms with Crippen LogP contribution in [0.3, 0.4) is 0 Å². The van der Waals surface area contributed by atoms with Crippen molar-refractivity contribution in [3.63, 3.8) is 0 Å². The Kier molecular flexibility index (Phi) is 4.34. The lowest BCUT2D eigenvalue weighted by molar-refractivity contribution is 0.220. The molecule has 0 unspecified atom stereocenters. The van der Waals surface area contributed by atoms with Gasteiger partial charge in [-0.15, -0.1) is 0 Å². The van der Waals surface area contributed by atoms with Crippen LogP contribution in [0.25, 0.3) is 11.4 Å². The van der Waals surface area contributed by atoms with Crippen molar-refractivity contribution < 1.29 is 0 Å². The predicted molar refractivity (Wildman–Crippen MR) is 85.0 cm³/mol. The first-order valence-corrected chi connectivity index (χ1v) is 7.95. The summed E-state index contributed by atoms with van der Waals surface area (Å²) < 4.78 is 2.02. The van der Waals surface area contributed by atoms with Crippen LogP contribution in [-0.4, -0.2) is 32.8 Å². The lowest BCUT2D eigenvalue weighted by Gasteiger charge is -2.26. The molecule has 0 amide bonds. The van der Waals surface area contributed by atoms with Gasteiger partial charge < -0.3 is 0 Å². The molecule has 1 fully saturated rings. The molecule has 1 aliphatic rings. The number of piperidine rings is 1. The molecule has 112 valence electrons. The van der Waals surface area contributed by atoms with E-state index in [4.69, 9.17) is 0 Å². The topological polar surface area (TPSA) is 34.0 Å². The van der Waals surface area contributed by atoms with E-state index >= 15 is 0 Å². The zero-order chi connectivity index (χ0) is 14.7. The van der Waals surface area contributed by atoms with Crippen LogP contribution in [0, 0.1) is 0 Å². The molecule has 21 heavy (non-hydrogen) atoms. The van der Waals surface area contributed by atoms with E-state index in [0.717, 1.165) is 17.9 Å². The number of pyridine rings is 1. The molecule has 4 nitrogen and oxygen atoms in total. The lowest BCUT2D eigenvalue weighted by Crippen LogP contribution is -2.29. The highest BCUT2D eigenvalue weighted by molar-refractivity contribution is 5.54. The maximum atomic E-state index is 4.64. The van der Waals surface area contributed by atoms with Crippen molar-refractivity contribution in [2.24, 2.45) is 0 Å². The molecule has 0 aromatic carbocycles. The van der Waals surface area contributed by atoms with Gasteiger partial charge in [0, 0.05) is 25.0 Å². The van der Waals surface area contributed by atoms with E-state index in [2.05, 4.69) is 41.0 Å². The first kappa shape index (κ1) is 14.3. The Balaban J connectivity index is 1.73. The average molecular weight is 284 g/mol.